The van der Waals surface area contributed by atoms with Crippen LogP contribution in [-0.2, 0) is 14.3 Å². The van der Waals surface area contributed by atoms with Gasteiger partial charge in [-0.2, -0.15) is 0 Å². The number of carbonyl (C=O) groups is 2. The van der Waals surface area contributed by atoms with Crippen LogP contribution in [0.3, 0.4) is 0 Å². The first-order valence-electron chi connectivity index (χ1n) is 7.85. The predicted molar refractivity (Wildman–Crippen MR) is 88.8 cm³/mol. The predicted octanol–water partition coefficient (Wildman–Crippen LogP) is 3.11. The minimum atomic E-state index is -1.80. The Kier molecular flexibility index (Phi) is 5.17. The standard InChI is InChI=1S/C18H22FNO5/c1-6-12-7-14(13(19)8-15(12)24-9-11(4)21)20-17(22)25-16(10(2)3)18(20,5)23/h6-7,13,23H,1,8-9H2,2-5H3. The van der Waals surface area contributed by atoms with Crippen LogP contribution in [0.5, 0.6) is 0 Å². The molecule has 0 aromatic carbocycles. The lowest BCUT2D eigenvalue weighted by Gasteiger charge is -2.33. The number of Topliss-reactive ketones (excluding diaryl/α,β-unsaturated/α-hetero) is 1. The number of hydrogen-bond donors (Lipinski definition) is 1. The number of ether oxygens (including phenoxy) is 2. The Morgan fingerprint density at radius 2 is 2.20 bits per heavy atom. The Labute approximate surface area is 145 Å². The van der Waals surface area contributed by atoms with E-state index in [0.717, 1.165) is 4.90 Å². The summed E-state index contributed by atoms with van der Waals surface area (Å²) < 4.78 is 25.2. The third-order valence-electron chi connectivity index (χ3n) is 3.93. The highest BCUT2D eigenvalue weighted by atomic mass is 19.1. The topological polar surface area (TPSA) is 76.1 Å². The molecule has 0 aromatic heterocycles. The fourth-order valence-corrected chi connectivity index (χ4v) is 2.87. The summed E-state index contributed by atoms with van der Waals surface area (Å²) in [6, 6.07) is 0. The van der Waals surface area contributed by atoms with E-state index in [1.807, 2.05) is 0 Å². The highest BCUT2D eigenvalue weighted by Crippen LogP contribution is 2.41. The van der Waals surface area contributed by atoms with Crippen molar-refractivity contribution in [2.75, 3.05) is 6.61 Å². The average molecular weight is 351 g/mol. The first kappa shape index (κ1) is 18.9. The van der Waals surface area contributed by atoms with Gasteiger partial charge in [0.15, 0.2) is 11.5 Å². The largest absolute Gasteiger partial charge is 0.489 e. The van der Waals surface area contributed by atoms with Gasteiger partial charge >= 0.3 is 6.09 Å². The summed E-state index contributed by atoms with van der Waals surface area (Å²) in [5.41, 5.74) is -0.788. The zero-order valence-corrected chi connectivity index (χ0v) is 14.8. The molecule has 0 saturated carbocycles. The second-order valence-electron chi connectivity index (χ2n) is 6.37. The van der Waals surface area contributed by atoms with Crippen molar-refractivity contribution in [3.05, 3.63) is 47.1 Å². The molecule has 1 saturated heterocycles. The van der Waals surface area contributed by atoms with Gasteiger partial charge in [-0.15, -0.1) is 0 Å². The normalized spacial score (nSPS) is 26.4. The SMILES string of the molecule is C=CC1=C(OCC(C)=O)CC(F)C(N2C(=O)OC(=C(C)C)C2(C)O)=C1. The summed E-state index contributed by atoms with van der Waals surface area (Å²) >= 11 is 0. The van der Waals surface area contributed by atoms with Gasteiger partial charge in [0.1, 0.15) is 18.5 Å². The average Bonchev–Trinajstić information content (AvgIpc) is 2.75. The molecule has 25 heavy (non-hydrogen) atoms. The van der Waals surface area contributed by atoms with Crippen LogP contribution in [0.2, 0.25) is 0 Å². The second kappa shape index (κ2) is 6.84. The molecule has 0 bridgehead atoms. The summed E-state index contributed by atoms with van der Waals surface area (Å²) in [7, 11) is 0. The molecule has 0 aromatic rings. The highest BCUT2D eigenvalue weighted by molar-refractivity contribution is 5.77. The third-order valence-corrected chi connectivity index (χ3v) is 3.93. The van der Waals surface area contributed by atoms with Crippen molar-refractivity contribution in [2.45, 2.75) is 46.0 Å². The molecule has 0 spiro atoms. The molecule has 1 aliphatic heterocycles. The molecule has 1 heterocycles. The van der Waals surface area contributed by atoms with Gasteiger partial charge in [0, 0.05) is 12.0 Å². The van der Waals surface area contributed by atoms with Gasteiger partial charge in [0.25, 0.3) is 0 Å². The summed E-state index contributed by atoms with van der Waals surface area (Å²) in [4.78, 5) is 24.2. The molecule has 1 N–H and O–H groups in total. The van der Waals surface area contributed by atoms with Crippen LogP contribution in [-0.4, -0.2) is 40.4 Å². The van der Waals surface area contributed by atoms with E-state index in [-0.39, 0.29) is 36.0 Å². The van der Waals surface area contributed by atoms with Crippen molar-refractivity contribution in [1.29, 1.82) is 0 Å². The van der Waals surface area contributed by atoms with E-state index in [1.165, 1.54) is 26.0 Å². The van der Waals surface area contributed by atoms with Gasteiger partial charge in [-0.3, -0.25) is 4.79 Å². The van der Waals surface area contributed by atoms with Gasteiger partial charge in [-0.25, -0.2) is 14.1 Å². The Balaban J connectivity index is 2.45. The maximum Gasteiger partial charge on any atom is 0.422 e. The van der Waals surface area contributed by atoms with Crippen molar-refractivity contribution < 1.29 is 28.6 Å². The number of aliphatic hydroxyl groups is 1. The van der Waals surface area contributed by atoms with Gasteiger partial charge in [-0.05, 0) is 39.3 Å². The van der Waals surface area contributed by atoms with Gasteiger partial charge in [-0.1, -0.05) is 12.7 Å². The van der Waals surface area contributed by atoms with E-state index in [4.69, 9.17) is 9.47 Å². The quantitative estimate of drug-likeness (QED) is 0.824. The molecule has 2 rings (SSSR count). The van der Waals surface area contributed by atoms with E-state index >= 15 is 0 Å². The second-order valence-corrected chi connectivity index (χ2v) is 6.37. The summed E-state index contributed by atoms with van der Waals surface area (Å²) in [5.74, 6) is 0.157. The molecule has 1 aliphatic carbocycles. The molecular weight excluding hydrogens is 329 g/mol. The van der Waals surface area contributed by atoms with Crippen LogP contribution in [0.1, 0.15) is 34.1 Å². The van der Waals surface area contributed by atoms with Crippen LogP contribution < -0.4 is 0 Å². The number of ketones is 1. The number of cyclic esters (lactones) is 1. The van der Waals surface area contributed by atoms with Crippen molar-refractivity contribution in [3.63, 3.8) is 0 Å². The summed E-state index contributed by atoms with van der Waals surface area (Å²) in [6.45, 7) is 9.58. The molecule has 2 unspecified atom stereocenters. The molecule has 7 heteroatoms. The lowest BCUT2D eigenvalue weighted by Crippen LogP contribution is -2.46. The van der Waals surface area contributed by atoms with Crippen molar-refractivity contribution >= 4 is 11.9 Å². The van der Waals surface area contributed by atoms with E-state index < -0.39 is 18.0 Å². The fraction of sp³-hybridized carbons (Fsp3) is 0.444. The molecule has 2 aliphatic rings. The first-order chi connectivity index (χ1) is 11.6. The summed E-state index contributed by atoms with van der Waals surface area (Å²) in [5, 5.41) is 10.7. The van der Waals surface area contributed by atoms with E-state index in [9.17, 15) is 19.1 Å². The van der Waals surface area contributed by atoms with Gasteiger partial charge in [0.2, 0.25) is 5.72 Å². The number of alkyl halides is 1. The Hall–Kier alpha value is -2.41. The van der Waals surface area contributed by atoms with Crippen molar-refractivity contribution in [3.8, 4) is 0 Å². The molecule has 6 nitrogen and oxygen atoms in total. The minimum Gasteiger partial charge on any atom is -0.489 e. The van der Waals surface area contributed by atoms with Crippen LogP contribution in [0.15, 0.2) is 47.1 Å². The Morgan fingerprint density at radius 1 is 1.56 bits per heavy atom. The number of hydrogen-bond acceptors (Lipinski definition) is 5. The van der Waals surface area contributed by atoms with Crippen LogP contribution in [0, 0.1) is 0 Å². The molecule has 1 fully saturated rings. The maximum atomic E-state index is 14.8. The number of amides is 1. The monoisotopic (exact) mass is 351 g/mol. The molecule has 136 valence electrons. The number of rotatable bonds is 5. The molecule has 0 radical (unpaired) electrons. The van der Waals surface area contributed by atoms with Crippen LogP contribution in [0.4, 0.5) is 9.18 Å². The lowest BCUT2D eigenvalue weighted by atomic mass is 9.97. The number of nitrogens with zero attached hydrogens (tertiary/aromatic N) is 1. The minimum absolute atomic E-state index is 0.0451. The zero-order valence-electron chi connectivity index (χ0n) is 14.8. The van der Waals surface area contributed by atoms with Crippen LogP contribution >= 0.6 is 0 Å². The first-order valence-corrected chi connectivity index (χ1v) is 7.85. The molecule has 1 amide bonds. The smallest absolute Gasteiger partial charge is 0.422 e. The molecular formula is C18H22FNO5. The number of halogens is 1. The molecule has 2 atom stereocenters. The van der Waals surface area contributed by atoms with Gasteiger partial charge < -0.3 is 14.6 Å². The van der Waals surface area contributed by atoms with E-state index in [0.29, 0.717) is 11.1 Å². The highest BCUT2D eigenvalue weighted by Gasteiger charge is 2.51. The van der Waals surface area contributed by atoms with Crippen LogP contribution in [0.25, 0.3) is 0 Å². The van der Waals surface area contributed by atoms with Gasteiger partial charge in [0.05, 0.1) is 5.70 Å². The zero-order chi connectivity index (χ0) is 18.9. The Bertz CT molecular complexity index is 713. The van der Waals surface area contributed by atoms with Crippen molar-refractivity contribution in [1.82, 2.24) is 4.90 Å². The maximum absolute atomic E-state index is 14.8. The van der Waals surface area contributed by atoms with Crippen molar-refractivity contribution in [2.24, 2.45) is 0 Å². The lowest BCUT2D eigenvalue weighted by molar-refractivity contribution is -0.120. The fourth-order valence-electron chi connectivity index (χ4n) is 2.87. The number of allylic oxidation sites excluding steroid dienone is 6. The Morgan fingerprint density at radius 3 is 2.68 bits per heavy atom. The third kappa shape index (κ3) is 3.51. The summed E-state index contributed by atoms with van der Waals surface area (Å²) in [6.07, 6.45) is 0.178. The van der Waals surface area contributed by atoms with E-state index in [1.54, 1.807) is 13.8 Å². The van der Waals surface area contributed by atoms with E-state index in [2.05, 4.69) is 6.58 Å². The number of carbonyl (C=O) groups excluding carboxylic acids is 2.